The van der Waals surface area contributed by atoms with Crippen molar-refractivity contribution < 1.29 is 56.7 Å². The molecule has 10 nitrogen and oxygen atoms in total. The van der Waals surface area contributed by atoms with Gasteiger partial charge in [-0.2, -0.15) is 13.2 Å². The smallest absolute Gasteiger partial charge is 0.485 e. The Morgan fingerprint density at radius 3 is 1.98 bits per heavy atom. The zero-order chi connectivity index (χ0) is 30.3. The summed E-state index contributed by atoms with van der Waals surface area (Å²) in [4.78, 5) is 33.4. The van der Waals surface area contributed by atoms with E-state index in [1.165, 1.54) is 0 Å². The minimum atomic E-state index is -5.08. The van der Waals surface area contributed by atoms with E-state index in [0.29, 0.717) is 13.0 Å². The van der Waals surface area contributed by atoms with Crippen molar-refractivity contribution in [2.24, 2.45) is 5.73 Å². The lowest BCUT2D eigenvalue weighted by Crippen LogP contribution is -2.34. The number of rotatable bonds is 14. The molecule has 41 heavy (non-hydrogen) atoms. The Morgan fingerprint density at radius 1 is 0.927 bits per heavy atom. The number of carbonyl (C=O) groups is 3. The zero-order valence-electron chi connectivity index (χ0n) is 22.0. The van der Waals surface area contributed by atoms with Crippen LogP contribution in [0.15, 0.2) is 72.2 Å². The fraction of sp³-hybridized carbons (Fsp3) is 0.393. The Bertz CT molecular complexity index is 1140. The van der Waals surface area contributed by atoms with Crippen LogP contribution in [0.2, 0.25) is 0 Å². The van der Waals surface area contributed by atoms with Crippen LogP contribution in [0.5, 0.6) is 0 Å². The standard InChI is InChI=1S/C26H31NO7.C2HF3O2/c27-15-9-3-8-14-22(29)31-18-21(28)23-24(32-16-19-10-4-1-5-11-19)25(26(30)34-23)33-17-20-12-6-2-7-13-20;3-2(4,5)1(6)7/h1-2,4-7,10-13,21,23,28H,3,8-9,14-18,27H2;(H,6,7)/t21-,23+;/m0./s1. The van der Waals surface area contributed by atoms with Crippen molar-refractivity contribution in [2.75, 3.05) is 13.2 Å². The molecule has 0 saturated carbocycles. The SMILES string of the molecule is NCCCCCC(=O)OC[C@H](O)[C@H]1OC(=O)C(OCc2ccccc2)=C1OCc1ccccc1.O=C(O)C(F)(F)F. The van der Waals surface area contributed by atoms with E-state index in [4.69, 9.17) is 34.6 Å². The molecule has 3 rings (SSSR count). The van der Waals surface area contributed by atoms with Gasteiger partial charge in [0.15, 0.2) is 11.9 Å². The average molecular weight is 584 g/mol. The third-order valence-electron chi connectivity index (χ3n) is 5.46. The van der Waals surface area contributed by atoms with E-state index >= 15 is 0 Å². The van der Waals surface area contributed by atoms with Crippen LogP contribution in [-0.4, -0.2) is 59.7 Å². The van der Waals surface area contributed by atoms with E-state index < -0.39 is 36.3 Å². The summed E-state index contributed by atoms with van der Waals surface area (Å²) in [5.41, 5.74) is 7.18. The zero-order valence-corrected chi connectivity index (χ0v) is 22.0. The summed E-state index contributed by atoms with van der Waals surface area (Å²) in [6.07, 6.45) is -4.97. The maximum atomic E-state index is 12.6. The van der Waals surface area contributed by atoms with Gasteiger partial charge in [0, 0.05) is 6.42 Å². The topological polar surface area (TPSA) is 155 Å². The van der Waals surface area contributed by atoms with Crippen LogP contribution in [0.25, 0.3) is 0 Å². The quantitative estimate of drug-likeness (QED) is 0.222. The van der Waals surface area contributed by atoms with Gasteiger partial charge in [0.1, 0.15) is 25.9 Å². The van der Waals surface area contributed by atoms with Crippen LogP contribution >= 0.6 is 0 Å². The van der Waals surface area contributed by atoms with Gasteiger partial charge in [-0.3, -0.25) is 4.79 Å². The molecule has 2 aromatic carbocycles. The highest BCUT2D eigenvalue weighted by Crippen LogP contribution is 2.29. The number of cyclic esters (lactones) is 1. The van der Waals surface area contributed by atoms with Crippen molar-refractivity contribution in [3.8, 4) is 0 Å². The molecule has 0 spiro atoms. The van der Waals surface area contributed by atoms with Crippen molar-refractivity contribution >= 4 is 17.9 Å². The Hall–Kier alpha value is -4.10. The molecular formula is C28H32F3NO9. The van der Waals surface area contributed by atoms with Gasteiger partial charge in [-0.1, -0.05) is 67.1 Å². The van der Waals surface area contributed by atoms with E-state index in [-0.39, 0.29) is 37.8 Å². The Kier molecular flexibility index (Phi) is 13.6. The summed E-state index contributed by atoms with van der Waals surface area (Å²) in [6.45, 7) is 0.518. The molecule has 0 aliphatic carbocycles. The van der Waals surface area contributed by atoms with Gasteiger partial charge < -0.3 is 34.9 Å². The number of halogens is 3. The first-order chi connectivity index (χ1) is 19.5. The number of hydrogen-bond acceptors (Lipinski definition) is 9. The normalized spacial score (nSPS) is 15.3. The van der Waals surface area contributed by atoms with Crippen molar-refractivity contribution in [3.63, 3.8) is 0 Å². The van der Waals surface area contributed by atoms with Gasteiger partial charge in [0.05, 0.1) is 0 Å². The Balaban J connectivity index is 0.000000745. The largest absolute Gasteiger partial charge is 0.490 e. The molecule has 0 amide bonds. The molecule has 13 heteroatoms. The number of nitrogens with two attached hydrogens (primary N) is 1. The first kappa shape index (κ1) is 33.1. The van der Waals surface area contributed by atoms with Crippen LogP contribution in [0, 0.1) is 0 Å². The van der Waals surface area contributed by atoms with Gasteiger partial charge in [0.2, 0.25) is 5.76 Å². The van der Waals surface area contributed by atoms with E-state index in [2.05, 4.69) is 0 Å². The van der Waals surface area contributed by atoms with Crippen molar-refractivity contribution in [3.05, 3.63) is 83.3 Å². The fourth-order valence-electron chi connectivity index (χ4n) is 3.38. The number of carboxylic acids is 1. The molecular weight excluding hydrogens is 551 g/mol. The summed E-state index contributed by atoms with van der Waals surface area (Å²) < 4.78 is 53.9. The van der Waals surface area contributed by atoms with Crippen molar-refractivity contribution in [1.29, 1.82) is 0 Å². The highest BCUT2D eigenvalue weighted by molar-refractivity contribution is 5.89. The molecule has 0 unspecified atom stereocenters. The predicted octanol–water partition coefficient (Wildman–Crippen LogP) is 3.61. The minimum Gasteiger partial charge on any atom is -0.485 e. The number of ether oxygens (including phenoxy) is 4. The Morgan fingerprint density at radius 2 is 1.46 bits per heavy atom. The number of aliphatic hydroxyl groups is 1. The molecule has 2 aromatic rings. The second-order valence-electron chi connectivity index (χ2n) is 8.72. The predicted molar refractivity (Wildman–Crippen MR) is 138 cm³/mol. The first-order valence-corrected chi connectivity index (χ1v) is 12.6. The number of unbranched alkanes of at least 4 members (excludes halogenated alkanes) is 2. The van der Waals surface area contributed by atoms with Gasteiger partial charge in [-0.15, -0.1) is 0 Å². The number of hydrogen-bond donors (Lipinski definition) is 3. The monoisotopic (exact) mass is 583 g/mol. The van der Waals surface area contributed by atoms with Crippen molar-refractivity contribution in [2.45, 2.75) is 57.3 Å². The second-order valence-corrected chi connectivity index (χ2v) is 8.72. The lowest BCUT2D eigenvalue weighted by molar-refractivity contribution is -0.192. The van der Waals surface area contributed by atoms with Crippen LogP contribution in [-0.2, 0) is 46.5 Å². The van der Waals surface area contributed by atoms with E-state index in [1.807, 2.05) is 60.7 Å². The fourth-order valence-corrected chi connectivity index (χ4v) is 3.38. The van der Waals surface area contributed by atoms with Gasteiger partial charge >= 0.3 is 24.1 Å². The van der Waals surface area contributed by atoms with Gasteiger partial charge in [0.25, 0.3) is 0 Å². The molecule has 0 saturated heterocycles. The molecule has 0 aromatic heterocycles. The summed E-state index contributed by atoms with van der Waals surface area (Å²) >= 11 is 0. The van der Waals surface area contributed by atoms with E-state index in [0.717, 1.165) is 24.0 Å². The Labute approximate surface area is 234 Å². The summed E-state index contributed by atoms with van der Waals surface area (Å²) in [7, 11) is 0. The van der Waals surface area contributed by atoms with Crippen LogP contribution < -0.4 is 5.73 Å². The molecule has 1 aliphatic heterocycles. The third-order valence-corrected chi connectivity index (χ3v) is 5.46. The van der Waals surface area contributed by atoms with E-state index in [1.54, 1.807) is 0 Å². The summed E-state index contributed by atoms with van der Waals surface area (Å²) in [6, 6.07) is 18.7. The highest BCUT2D eigenvalue weighted by atomic mass is 19.4. The van der Waals surface area contributed by atoms with Crippen LogP contribution in [0.3, 0.4) is 0 Å². The summed E-state index contributed by atoms with van der Waals surface area (Å²) in [5, 5.41) is 17.8. The molecule has 1 heterocycles. The lowest BCUT2D eigenvalue weighted by atomic mass is 10.1. The molecule has 2 atom stereocenters. The van der Waals surface area contributed by atoms with Crippen LogP contribution in [0.1, 0.15) is 36.8 Å². The number of esters is 2. The number of aliphatic hydroxyl groups excluding tert-OH is 1. The second kappa shape index (κ2) is 16.9. The van der Waals surface area contributed by atoms with Crippen molar-refractivity contribution in [1.82, 2.24) is 0 Å². The minimum absolute atomic E-state index is 0.0799. The lowest BCUT2D eigenvalue weighted by Gasteiger charge is -2.20. The molecule has 224 valence electrons. The molecule has 0 fully saturated rings. The number of carbonyl (C=O) groups excluding carboxylic acids is 2. The number of carboxylic acid groups (broad SMARTS) is 1. The molecule has 0 radical (unpaired) electrons. The summed E-state index contributed by atoms with van der Waals surface area (Å²) in [5.74, 6) is -3.95. The maximum Gasteiger partial charge on any atom is 0.490 e. The third kappa shape index (κ3) is 11.9. The first-order valence-electron chi connectivity index (χ1n) is 12.6. The number of benzene rings is 2. The number of alkyl halides is 3. The number of aliphatic carboxylic acids is 1. The molecule has 0 bridgehead atoms. The maximum absolute atomic E-state index is 12.6. The van der Waals surface area contributed by atoms with Gasteiger partial charge in [-0.05, 0) is 30.5 Å². The molecule has 1 aliphatic rings. The van der Waals surface area contributed by atoms with E-state index in [9.17, 15) is 27.9 Å². The highest BCUT2D eigenvalue weighted by Gasteiger charge is 2.42. The average Bonchev–Trinajstić information content (AvgIpc) is 3.27. The van der Waals surface area contributed by atoms with Gasteiger partial charge in [-0.25, -0.2) is 9.59 Å². The molecule has 4 N–H and O–H groups in total. The van der Waals surface area contributed by atoms with Crippen LogP contribution in [0.4, 0.5) is 13.2 Å².